The highest BCUT2D eigenvalue weighted by Crippen LogP contribution is 2.24. The Morgan fingerprint density at radius 3 is 2.69 bits per heavy atom. The first-order chi connectivity index (χ1) is 7.77. The summed E-state index contributed by atoms with van der Waals surface area (Å²) in [6, 6.07) is 0. The van der Waals surface area contributed by atoms with Gasteiger partial charge in [-0.1, -0.05) is 5.57 Å². The third-order valence-electron chi connectivity index (χ3n) is 3.59. The first kappa shape index (κ1) is 11.8. The maximum atomic E-state index is 11.8. The molecule has 0 aromatic heterocycles. The van der Waals surface area contributed by atoms with Gasteiger partial charge in [-0.3, -0.25) is 9.69 Å². The number of morpholine rings is 1. The summed E-state index contributed by atoms with van der Waals surface area (Å²) < 4.78 is 5.31. The predicted molar refractivity (Wildman–Crippen MR) is 63.4 cm³/mol. The van der Waals surface area contributed by atoms with Gasteiger partial charge in [0.05, 0.1) is 13.2 Å². The van der Waals surface area contributed by atoms with E-state index in [2.05, 4.69) is 11.8 Å². The van der Waals surface area contributed by atoms with Crippen LogP contribution in [-0.4, -0.2) is 43.5 Å². The molecular weight excluding hydrogens is 202 g/mol. The lowest BCUT2D eigenvalue weighted by molar-refractivity contribution is -0.116. The zero-order valence-electron chi connectivity index (χ0n) is 10.1. The van der Waals surface area contributed by atoms with Crippen molar-refractivity contribution >= 4 is 5.78 Å². The number of carbonyl (C=O) groups excluding carboxylic acids is 1. The SMILES string of the molecule is CC1=C(CCN2CCOCC2)C(=O)CCC1. The van der Waals surface area contributed by atoms with Gasteiger partial charge in [-0.2, -0.15) is 0 Å². The van der Waals surface area contributed by atoms with Gasteiger partial charge < -0.3 is 4.74 Å². The first-order valence-electron chi connectivity index (χ1n) is 6.29. The van der Waals surface area contributed by atoms with Gasteiger partial charge in [-0.05, 0) is 31.8 Å². The van der Waals surface area contributed by atoms with Crippen LogP contribution < -0.4 is 0 Å². The fourth-order valence-corrected chi connectivity index (χ4v) is 2.50. The van der Waals surface area contributed by atoms with E-state index in [1.54, 1.807) is 0 Å². The molecule has 1 aliphatic heterocycles. The van der Waals surface area contributed by atoms with E-state index in [0.29, 0.717) is 5.78 Å². The van der Waals surface area contributed by atoms with Crippen molar-refractivity contribution < 1.29 is 9.53 Å². The van der Waals surface area contributed by atoms with E-state index in [9.17, 15) is 4.79 Å². The van der Waals surface area contributed by atoms with Crippen molar-refractivity contribution in [3.05, 3.63) is 11.1 Å². The van der Waals surface area contributed by atoms with Gasteiger partial charge in [0, 0.05) is 26.1 Å². The Morgan fingerprint density at radius 1 is 1.25 bits per heavy atom. The zero-order valence-corrected chi connectivity index (χ0v) is 10.1. The van der Waals surface area contributed by atoms with E-state index >= 15 is 0 Å². The maximum absolute atomic E-state index is 11.8. The molecule has 90 valence electrons. The second-order valence-corrected chi connectivity index (χ2v) is 4.74. The number of ketones is 1. The van der Waals surface area contributed by atoms with Crippen molar-refractivity contribution in [2.45, 2.75) is 32.6 Å². The Kier molecular flexibility index (Phi) is 4.13. The number of Topliss-reactive ketones (excluding diaryl/α,β-unsaturated/α-hetero) is 1. The molecule has 0 atom stereocenters. The van der Waals surface area contributed by atoms with Gasteiger partial charge in [0.25, 0.3) is 0 Å². The summed E-state index contributed by atoms with van der Waals surface area (Å²) in [5.74, 6) is 0.386. The molecule has 2 aliphatic rings. The summed E-state index contributed by atoms with van der Waals surface area (Å²) >= 11 is 0. The van der Waals surface area contributed by atoms with Crippen LogP contribution >= 0.6 is 0 Å². The van der Waals surface area contributed by atoms with Gasteiger partial charge in [0.15, 0.2) is 5.78 Å². The summed E-state index contributed by atoms with van der Waals surface area (Å²) in [5.41, 5.74) is 2.43. The van der Waals surface area contributed by atoms with Crippen LogP contribution in [0.1, 0.15) is 32.6 Å². The molecule has 0 spiro atoms. The summed E-state index contributed by atoms with van der Waals surface area (Å²) in [6.07, 6.45) is 3.86. The molecule has 1 heterocycles. The smallest absolute Gasteiger partial charge is 0.158 e. The number of hydrogen-bond donors (Lipinski definition) is 0. The molecular formula is C13H21NO2. The molecule has 1 fully saturated rings. The molecule has 0 N–H and O–H groups in total. The van der Waals surface area contributed by atoms with Crippen LogP contribution in [0.25, 0.3) is 0 Å². The lowest BCUT2D eigenvalue weighted by Gasteiger charge is -2.27. The van der Waals surface area contributed by atoms with E-state index in [0.717, 1.165) is 64.1 Å². The van der Waals surface area contributed by atoms with Crippen molar-refractivity contribution in [3.8, 4) is 0 Å². The Labute approximate surface area is 97.5 Å². The van der Waals surface area contributed by atoms with Crippen LogP contribution in [0.4, 0.5) is 0 Å². The Bertz CT molecular complexity index is 290. The molecule has 0 bridgehead atoms. The van der Waals surface area contributed by atoms with E-state index in [1.165, 1.54) is 5.57 Å². The van der Waals surface area contributed by atoms with E-state index in [-0.39, 0.29) is 0 Å². The highest BCUT2D eigenvalue weighted by atomic mass is 16.5. The Balaban J connectivity index is 1.86. The van der Waals surface area contributed by atoms with Crippen molar-refractivity contribution in [1.29, 1.82) is 0 Å². The monoisotopic (exact) mass is 223 g/mol. The molecule has 3 heteroatoms. The first-order valence-corrected chi connectivity index (χ1v) is 6.29. The van der Waals surface area contributed by atoms with Crippen LogP contribution in [0.2, 0.25) is 0 Å². The minimum Gasteiger partial charge on any atom is -0.379 e. The van der Waals surface area contributed by atoms with Gasteiger partial charge in [-0.15, -0.1) is 0 Å². The number of hydrogen-bond acceptors (Lipinski definition) is 3. The average molecular weight is 223 g/mol. The molecule has 16 heavy (non-hydrogen) atoms. The fraction of sp³-hybridized carbons (Fsp3) is 0.769. The molecule has 3 nitrogen and oxygen atoms in total. The largest absolute Gasteiger partial charge is 0.379 e. The third-order valence-corrected chi connectivity index (χ3v) is 3.59. The minimum atomic E-state index is 0.386. The molecule has 0 saturated carbocycles. The third kappa shape index (κ3) is 2.92. The van der Waals surface area contributed by atoms with Gasteiger partial charge >= 0.3 is 0 Å². The molecule has 2 rings (SSSR count). The van der Waals surface area contributed by atoms with Gasteiger partial charge in [0.1, 0.15) is 0 Å². The fourth-order valence-electron chi connectivity index (χ4n) is 2.50. The molecule has 0 aromatic rings. The lowest BCUT2D eigenvalue weighted by Crippen LogP contribution is -2.37. The molecule has 1 aliphatic carbocycles. The number of rotatable bonds is 3. The normalized spacial score (nSPS) is 23.9. The standard InChI is InChI=1S/C13H21NO2/c1-11-3-2-4-13(15)12(11)5-6-14-7-9-16-10-8-14/h2-10H2,1H3. The number of nitrogens with zero attached hydrogens (tertiary/aromatic N) is 1. The summed E-state index contributed by atoms with van der Waals surface area (Å²) in [7, 11) is 0. The topological polar surface area (TPSA) is 29.5 Å². The van der Waals surface area contributed by atoms with E-state index in [1.807, 2.05) is 0 Å². The van der Waals surface area contributed by atoms with E-state index in [4.69, 9.17) is 4.74 Å². The maximum Gasteiger partial charge on any atom is 0.158 e. The van der Waals surface area contributed by atoms with Crippen LogP contribution in [0, 0.1) is 0 Å². The highest BCUT2D eigenvalue weighted by molar-refractivity contribution is 5.96. The molecule has 0 amide bonds. The second kappa shape index (κ2) is 5.60. The second-order valence-electron chi connectivity index (χ2n) is 4.74. The molecule has 1 saturated heterocycles. The average Bonchev–Trinajstić information content (AvgIpc) is 2.30. The minimum absolute atomic E-state index is 0.386. The molecule has 0 radical (unpaired) electrons. The number of carbonyl (C=O) groups is 1. The summed E-state index contributed by atoms with van der Waals surface area (Å²) in [5, 5.41) is 0. The Morgan fingerprint density at radius 2 is 2.00 bits per heavy atom. The zero-order chi connectivity index (χ0) is 11.4. The Hall–Kier alpha value is -0.670. The van der Waals surface area contributed by atoms with E-state index < -0.39 is 0 Å². The van der Waals surface area contributed by atoms with Crippen LogP contribution in [0.3, 0.4) is 0 Å². The lowest BCUT2D eigenvalue weighted by atomic mass is 9.89. The van der Waals surface area contributed by atoms with Gasteiger partial charge in [-0.25, -0.2) is 0 Å². The molecule has 0 unspecified atom stereocenters. The summed E-state index contributed by atoms with van der Waals surface area (Å²) in [4.78, 5) is 14.2. The van der Waals surface area contributed by atoms with Crippen molar-refractivity contribution in [2.75, 3.05) is 32.8 Å². The van der Waals surface area contributed by atoms with Crippen molar-refractivity contribution in [1.82, 2.24) is 4.90 Å². The highest BCUT2D eigenvalue weighted by Gasteiger charge is 2.19. The summed E-state index contributed by atoms with van der Waals surface area (Å²) in [6.45, 7) is 6.84. The van der Waals surface area contributed by atoms with Crippen molar-refractivity contribution in [3.63, 3.8) is 0 Å². The van der Waals surface area contributed by atoms with Crippen LogP contribution in [-0.2, 0) is 9.53 Å². The van der Waals surface area contributed by atoms with Gasteiger partial charge in [0.2, 0.25) is 0 Å². The number of allylic oxidation sites excluding steroid dienone is 1. The van der Waals surface area contributed by atoms with Crippen molar-refractivity contribution in [2.24, 2.45) is 0 Å². The van der Waals surface area contributed by atoms with Crippen LogP contribution in [0.15, 0.2) is 11.1 Å². The van der Waals surface area contributed by atoms with Crippen LogP contribution in [0.5, 0.6) is 0 Å². The molecule has 0 aromatic carbocycles. The number of ether oxygens (including phenoxy) is 1. The quantitative estimate of drug-likeness (QED) is 0.730. The predicted octanol–water partition coefficient (Wildman–Crippen LogP) is 1.78.